The van der Waals surface area contributed by atoms with E-state index in [2.05, 4.69) is 16.4 Å². The molecule has 1 aromatic heterocycles. The van der Waals surface area contributed by atoms with Gasteiger partial charge in [-0.2, -0.15) is 5.26 Å². The number of ether oxygens (including phenoxy) is 1. The van der Waals surface area contributed by atoms with Crippen LogP contribution in [-0.4, -0.2) is 64.3 Å². The fraction of sp³-hybridized carbons (Fsp3) is 0.406. The molecule has 3 aromatic rings. The number of aromatic nitrogens is 1. The topological polar surface area (TPSA) is 136 Å². The van der Waals surface area contributed by atoms with Crippen molar-refractivity contribution in [2.24, 2.45) is 5.92 Å². The first-order chi connectivity index (χ1) is 20.1. The number of likely N-dealkylation sites (N-methyl/N-ethyl adjacent to an activating group) is 1. The average molecular weight is 568 g/mol. The lowest BCUT2D eigenvalue weighted by Gasteiger charge is -2.33. The standard InChI is InChI=1S/C32H33N5O5/c1-18(2)12-26(30(40)37-17-32(15-20(37)16-33)23-6-4-5-7-24(23)35-31(32)41)36(3)29(39)22-13-19-8-11-28(38)34-25(19)14-27(22)42-21-9-10-21/h4-8,11,13-14,18,20-21,26H,9-10,12,15,17H2,1-3H3,(H,34,38)(H,35,41)/t20-,26-,32-/m0/s1. The molecule has 2 fully saturated rings. The number of nitrogens with zero attached hydrogens (tertiary/aromatic N) is 3. The highest BCUT2D eigenvalue weighted by Gasteiger charge is 2.56. The third kappa shape index (κ3) is 4.69. The lowest BCUT2D eigenvalue weighted by atomic mass is 9.80. The molecule has 2 aromatic carbocycles. The van der Waals surface area contributed by atoms with E-state index in [1.54, 1.807) is 25.2 Å². The molecule has 10 heteroatoms. The number of pyridine rings is 1. The van der Waals surface area contributed by atoms with Crippen LogP contribution >= 0.6 is 0 Å². The van der Waals surface area contributed by atoms with E-state index in [1.165, 1.54) is 15.9 Å². The number of likely N-dealkylation sites (tertiary alicyclic amines) is 1. The van der Waals surface area contributed by atoms with Crippen molar-refractivity contribution < 1.29 is 19.1 Å². The van der Waals surface area contributed by atoms with E-state index >= 15 is 0 Å². The molecule has 1 saturated heterocycles. The molecule has 1 spiro atoms. The third-order valence-corrected chi connectivity index (χ3v) is 8.56. The molecule has 6 rings (SSSR count). The molecule has 2 N–H and O–H groups in total. The second kappa shape index (κ2) is 10.3. The van der Waals surface area contributed by atoms with Crippen LogP contribution < -0.4 is 15.6 Å². The van der Waals surface area contributed by atoms with E-state index in [1.807, 2.05) is 38.1 Å². The first-order valence-corrected chi connectivity index (χ1v) is 14.3. The van der Waals surface area contributed by atoms with Crippen molar-refractivity contribution in [3.63, 3.8) is 0 Å². The van der Waals surface area contributed by atoms with Crippen LogP contribution in [0.2, 0.25) is 0 Å². The second-order valence-electron chi connectivity index (χ2n) is 12.0. The van der Waals surface area contributed by atoms with Crippen molar-refractivity contribution in [2.75, 3.05) is 18.9 Å². The number of benzene rings is 2. The van der Waals surface area contributed by atoms with Crippen molar-refractivity contribution in [1.29, 1.82) is 5.26 Å². The van der Waals surface area contributed by atoms with Gasteiger partial charge in [0.1, 0.15) is 17.8 Å². The number of H-pyrrole nitrogens is 1. The number of fused-ring (bicyclic) bond motifs is 3. The van der Waals surface area contributed by atoms with Crippen LogP contribution in [-0.2, 0) is 15.0 Å². The summed E-state index contributed by atoms with van der Waals surface area (Å²) in [5.41, 5.74) is 1.06. The number of aromatic amines is 1. The number of hydrogen-bond acceptors (Lipinski definition) is 6. The second-order valence-corrected chi connectivity index (χ2v) is 12.0. The molecule has 1 aliphatic carbocycles. The molecular formula is C32H33N5O5. The number of hydrogen-bond donors (Lipinski definition) is 2. The van der Waals surface area contributed by atoms with Gasteiger partial charge in [-0.15, -0.1) is 0 Å². The molecule has 0 unspecified atom stereocenters. The Bertz CT molecular complexity index is 1700. The van der Waals surface area contributed by atoms with Gasteiger partial charge in [0.25, 0.3) is 5.91 Å². The number of para-hydroxylation sites is 1. The van der Waals surface area contributed by atoms with Crippen molar-refractivity contribution in [3.8, 4) is 11.8 Å². The highest BCUT2D eigenvalue weighted by Crippen LogP contribution is 2.46. The van der Waals surface area contributed by atoms with Crippen LogP contribution in [0.3, 0.4) is 0 Å². The molecule has 10 nitrogen and oxygen atoms in total. The largest absolute Gasteiger partial charge is 0.490 e. The molecule has 42 heavy (non-hydrogen) atoms. The third-order valence-electron chi connectivity index (χ3n) is 8.56. The number of amides is 3. The summed E-state index contributed by atoms with van der Waals surface area (Å²) >= 11 is 0. The fourth-order valence-corrected chi connectivity index (χ4v) is 6.19. The van der Waals surface area contributed by atoms with E-state index < -0.39 is 23.4 Å². The summed E-state index contributed by atoms with van der Waals surface area (Å²) in [6, 6.07) is 14.3. The predicted octanol–water partition coefficient (Wildman–Crippen LogP) is 3.57. The predicted molar refractivity (Wildman–Crippen MR) is 156 cm³/mol. The van der Waals surface area contributed by atoms with E-state index in [4.69, 9.17) is 4.74 Å². The SMILES string of the molecule is CC(C)C[C@@H](C(=O)N1C[C@]2(C[C@H]1C#N)C(=O)Nc1ccccc12)N(C)C(=O)c1cc2ccc(=O)[nH]c2cc1OC1CC1. The van der Waals surface area contributed by atoms with Crippen molar-refractivity contribution >= 4 is 34.3 Å². The molecule has 0 bridgehead atoms. The van der Waals surface area contributed by atoms with Crippen LogP contribution in [0, 0.1) is 17.2 Å². The number of nitriles is 1. The van der Waals surface area contributed by atoms with E-state index in [-0.39, 0.29) is 42.4 Å². The summed E-state index contributed by atoms with van der Waals surface area (Å²) in [6.07, 6.45) is 2.31. The lowest BCUT2D eigenvalue weighted by Crippen LogP contribution is -2.52. The normalized spacial score (nSPS) is 21.7. The van der Waals surface area contributed by atoms with E-state index in [9.17, 15) is 24.4 Å². The van der Waals surface area contributed by atoms with Crippen LogP contribution in [0.1, 0.15) is 55.5 Å². The van der Waals surface area contributed by atoms with Crippen LogP contribution in [0.25, 0.3) is 10.9 Å². The van der Waals surface area contributed by atoms with Gasteiger partial charge in [-0.25, -0.2) is 0 Å². The van der Waals surface area contributed by atoms with Crippen molar-refractivity contribution in [1.82, 2.24) is 14.8 Å². The number of carbonyl (C=O) groups is 3. The summed E-state index contributed by atoms with van der Waals surface area (Å²) in [4.78, 5) is 59.3. The van der Waals surface area contributed by atoms with Crippen LogP contribution in [0.4, 0.5) is 5.69 Å². The fourth-order valence-electron chi connectivity index (χ4n) is 6.19. The Morgan fingerprint density at radius 3 is 2.64 bits per heavy atom. The zero-order valence-electron chi connectivity index (χ0n) is 23.8. The molecule has 216 valence electrons. The Labute approximate surface area is 243 Å². The maximum Gasteiger partial charge on any atom is 0.258 e. The quantitative estimate of drug-likeness (QED) is 0.448. The van der Waals surface area contributed by atoms with Gasteiger partial charge in [-0.3, -0.25) is 19.2 Å². The smallest absolute Gasteiger partial charge is 0.258 e. The summed E-state index contributed by atoms with van der Waals surface area (Å²) in [5.74, 6) is -0.571. The molecule has 2 aliphatic heterocycles. The number of carbonyl (C=O) groups excluding carboxylic acids is 3. The Balaban J connectivity index is 1.34. The Kier molecular flexibility index (Phi) is 6.76. The molecule has 1 saturated carbocycles. The summed E-state index contributed by atoms with van der Waals surface area (Å²) < 4.78 is 6.09. The summed E-state index contributed by atoms with van der Waals surface area (Å²) in [5, 5.41) is 13.7. The Morgan fingerprint density at radius 2 is 1.93 bits per heavy atom. The highest BCUT2D eigenvalue weighted by atomic mass is 16.5. The van der Waals surface area contributed by atoms with Crippen LogP contribution in [0.5, 0.6) is 5.75 Å². The first-order valence-electron chi connectivity index (χ1n) is 14.3. The van der Waals surface area contributed by atoms with Gasteiger partial charge >= 0.3 is 0 Å². The molecule has 3 heterocycles. The Morgan fingerprint density at radius 1 is 1.17 bits per heavy atom. The van der Waals surface area contributed by atoms with Gasteiger partial charge < -0.3 is 24.8 Å². The lowest BCUT2D eigenvalue weighted by molar-refractivity contribution is -0.136. The van der Waals surface area contributed by atoms with Gasteiger partial charge in [-0.1, -0.05) is 32.0 Å². The Hall–Kier alpha value is -4.65. The highest BCUT2D eigenvalue weighted by molar-refractivity contribution is 6.08. The average Bonchev–Trinajstić information content (AvgIpc) is 3.63. The maximum atomic E-state index is 14.3. The number of anilines is 1. The molecule has 0 radical (unpaired) electrons. The van der Waals surface area contributed by atoms with Gasteiger partial charge in [0.2, 0.25) is 17.4 Å². The monoisotopic (exact) mass is 567 g/mol. The summed E-state index contributed by atoms with van der Waals surface area (Å²) in [7, 11) is 1.59. The van der Waals surface area contributed by atoms with Gasteiger partial charge in [0, 0.05) is 37.8 Å². The van der Waals surface area contributed by atoms with Crippen molar-refractivity contribution in [3.05, 3.63) is 70.0 Å². The van der Waals surface area contributed by atoms with Gasteiger partial charge in [-0.05, 0) is 54.3 Å². The zero-order valence-corrected chi connectivity index (χ0v) is 23.8. The van der Waals surface area contributed by atoms with Crippen molar-refractivity contribution in [2.45, 2.75) is 63.1 Å². The summed E-state index contributed by atoms with van der Waals surface area (Å²) in [6.45, 7) is 4.00. The minimum absolute atomic E-state index is 0.000412. The number of nitrogens with one attached hydrogen (secondary N) is 2. The maximum absolute atomic E-state index is 14.3. The van der Waals surface area contributed by atoms with Gasteiger partial charge in [0.15, 0.2) is 0 Å². The van der Waals surface area contributed by atoms with E-state index in [0.717, 1.165) is 18.4 Å². The van der Waals surface area contributed by atoms with Gasteiger partial charge in [0.05, 0.1) is 28.7 Å². The molecule has 3 amide bonds. The zero-order chi connectivity index (χ0) is 29.8. The van der Waals surface area contributed by atoms with Crippen LogP contribution in [0.15, 0.2) is 53.3 Å². The minimum Gasteiger partial charge on any atom is -0.490 e. The van der Waals surface area contributed by atoms with E-state index in [0.29, 0.717) is 34.3 Å². The first kappa shape index (κ1) is 27.5. The molecule has 3 aliphatic rings. The molecular weight excluding hydrogens is 534 g/mol. The minimum atomic E-state index is -1.02. The molecule has 3 atom stereocenters. The number of rotatable bonds is 7.